The number of nitrogens with one attached hydrogen (secondary N) is 1. The molecule has 0 saturated heterocycles. The maximum Gasteiger partial charge on any atom is 0.236 e. The SMILES string of the molecule is CNCC(=O)N(C)CCc1ccc(F)cc1.Cl. The number of likely N-dealkylation sites (N-methyl/N-ethyl adjacent to an activating group) is 2. The summed E-state index contributed by atoms with van der Waals surface area (Å²) in [7, 11) is 3.51. The largest absolute Gasteiger partial charge is 0.344 e. The average Bonchev–Trinajstić information content (AvgIpc) is 2.28. The number of carbonyl (C=O) groups excluding carboxylic acids is 1. The van der Waals surface area contributed by atoms with E-state index in [0.29, 0.717) is 13.1 Å². The molecule has 0 unspecified atom stereocenters. The first-order chi connectivity index (χ1) is 7.63. The molecule has 0 heterocycles. The summed E-state index contributed by atoms with van der Waals surface area (Å²) >= 11 is 0. The number of carbonyl (C=O) groups is 1. The van der Waals surface area contributed by atoms with Crippen LogP contribution in [0.4, 0.5) is 4.39 Å². The summed E-state index contributed by atoms with van der Waals surface area (Å²) in [4.78, 5) is 13.1. The van der Waals surface area contributed by atoms with E-state index in [-0.39, 0.29) is 24.1 Å². The molecule has 0 bridgehead atoms. The third kappa shape index (κ3) is 5.65. The molecule has 1 aromatic rings. The molecule has 0 spiro atoms. The lowest BCUT2D eigenvalue weighted by Gasteiger charge is -2.16. The molecule has 1 N–H and O–H groups in total. The maximum atomic E-state index is 12.6. The standard InChI is InChI=1S/C12H17FN2O.ClH/c1-14-9-12(16)15(2)8-7-10-3-5-11(13)6-4-10;/h3-6,14H,7-9H2,1-2H3;1H. The lowest BCUT2D eigenvalue weighted by atomic mass is 10.1. The van der Waals surface area contributed by atoms with Crippen molar-refractivity contribution in [3.63, 3.8) is 0 Å². The topological polar surface area (TPSA) is 32.3 Å². The minimum atomic E-state index is -0.233. The summed E-state index contributed by atoms with van der Waals surface area (Å²) in [5.74, 6) is -0.173. The Balaban J connectivity index is 0.00000256. The minimum absolute atomic E-state index is 0. The van der Waals surface area contributed by atoms with Crippen LogP contribution in [0.5, 0.6) is 0 Å². The van der Waals surface area contributed by atoms with Crippen LogP contribution >= 0.6 is 12.4 Å². The molecule has 96 valence electrons. The Morgan fingerprint density at radius 3 is 2.47 bits per heavy atom. The molecule has 0 aliphatic rings. The van der Waals surface area contributed by atoms with Gasteiger partial charge in [0.15, 0.2) is 0 Å². The van der Waals surface area contributed by atoms with Gasteiger partial charge in [0, 0.05) is 13.6 Å². The van der Waals surface area contributed by atoms with Crippen molar-refractivity contribution in [2.24, 2.45) is 0 Å². The second kappa shape index (κ2) is 8.03. The van der Waals surface area contributed by atoms with E-state index in [1.807, 2.05) is 0 Å². The second-order valence-electron chi connectivity index (χ2n) is 3.72. The fraction of sp³-hybridized carbons (Fsp3) is 0.417. The lowest BCUT2D eigenvalue weighted by Crippen LogP contribution is -2.35. The van der Waals surface area contributed by atoms with Crippen LogP contribution < -0.4 is 5.32 Å². The number of benzene rings is 1. The highest BCUT2D eigenvalue weighted by Gasteiger charge is 2.06. The number of amides is 1. The highest BCUT2D eigenvalue weighted by atomic mass is 35.5. The molecule has 1 amide bonds. The van der Waals surface area contributed by atoms with Gasteiger partial charge in [0.1, 0.15) is 5.82 Å². The van der Waals surface area contributed by atoms with Gasteiger partial charge in [0.05, 0.1) is 6.54 Å². The van der Waals surface area contributed by atoms with Gasteiger partial charge in [-0.25, -0.2) is 4.39 Å². The van der Waals surface area contributed by atoms with Crippen molar-refractivity contribution in [1.29, 1.82) is 0 Å². The summed E-state index contributed by atoms with van der Waals surface area (Å²) in [6.07, 6.45) is 0.742. The monoisotopic (exact) mass is 260 g/mol. The van der Waals surface area contributed by atoms with E-state index in [0.717, 1.165) is 12.0 Å². The quantitative estimate of drug-likeness (QED) is 0.870. The van der Waals surface area contributed by atoms with Crippen LogP contribution in [0.1, 0.15) is 5.56 Å². The Kier molecular flexibility index (Phi) is 7.50. The van der Waals surface area contributed by atoms with E-state index >= 15 is 0 Å². The predicted molar refractivity (Wildman–Crippen MR) is 68.9 cm³/mol. The number of rotatable bonds is 5. The zero-order valence-corrected chi connectivity index (χ0v) is 10.9. The predicted octanol–water partition coefficient (Wildman–Crippen LogP) is 1.47. The molecule has 1 rings (SSSR count). The molecule has 17 heavy (non-hydrogen) atoms. The Morgan fingerprint density at radius 1 is 1.35 bits per heavy atom. The fourth-order valence-electron chi connectivity index (χ4n) is 1.36. The number of hydrogen-bond acceptors (Lipinski definition) is 2. The smallest absolute Gasteiger partial charge is 0.236 e. The summed E-state index contributed by atoms with van der Waals surface area (Å²) in [5.41, 5.74) is 1.03. The Labute approximate surface area is 107 Å². The first-order valence-corrected chi connectivity index (χ1v) is 5.26. The van der Waals surface area contributed by atoms with E-state index in [1.165, 1.54) is 12.1 Å². The van der Waals surface area contributed by atoms with Gasteiger partial charge in [-0.2, -0.15) is 0 Å². The molecule has 0 fully saturated rings. The second-order valence-corrected chi connectivity index (χ2v) is 3.72. The molecule has 0 aliphatic carbocycles. The molecule has 0 aliphatic heterocycles. The normalized spacial score (nSPS) is 9.59. The first-order valence-electron chi connectivity index (χ1n) is 5.26. The van der Waals surface area contributed by atoms with Crippen LogP contribution in [0.15, 0.2) is 24.3 Å². The summed E-state index contributed by atoms with van der Waals surface area (Å²) in [6.45, 7) is 0.992. The molecule has 0 atom stereocenters. The highest BCUT2D eigenvalue weighted by Crippen LogP contribution is 2.04. The molecule has 0 saturated carbocycles. The van der Waals surface area contributed by atoms with Crippen molar-refractivity contribution in [2.75, 3.05) is 27.2 Å². The maximum absolute atomic E-state index is 12.6. The van der Waals surface area contributed by atoms with Gasteiger partial charge in [0.2, 0.25) is 5.91 Å². The van der Waals surface area contributed by atoms with Gasteiger partial charge in [-0.15, -0.1) is 12.4 Å². The number of hydrogen-bond donors (Lipinski definition) is 1. The lowest BCUT2D eigenvalue weighted by molar-refractivity contribution is -0.128. The average molecular weight is 261 g/mol. The van der Waals surface area contributed by atoms with Crippen molar-refractivity contribution >= 4 is 18.3 Å². The Hall–Kier alpha value is -1.13. The Morgan fingerprint density at radius 2 is 1.94 bits per heavy atom. The van der Waals surface area contributed by atoms with Crippen LogP contribution in [-0.2, 0) is 11.2 Å². The van der Waals surface area contributed by atoms with Gasteiger partial charge in [-0.05, 0) is 31.2 Å². The zero-order chi connectivity index (χ0) is 12.0. The van der Waals surface area contributed by atoms with Crippen LogP contribution in [0.3, 0.4) is 0 Å². The summed E-state index contributed by atoms with van der Waals surface area (Å²) < 4.78 is 12.6. The van der Waals surface area contributed by atoms with Gasteiger partial charge >= 0.3 is 0 Å². The molecule has 1 aromatic carbocycles. The van der Waals surface area contributed by atoms with E-state index in [4.69, 9.17) is 0 Å². The van der Waals surface area contributed by atoms with Crippen LogP contribution in [0.25, 0.3) is 0 Å². The molecule has 0 radical (unpaired) electrons. The number of halogens is 2. The summed E-state index contributed by atoms with van der Waals surface area (Å²) in [6, 6.07) is 6.35. The third-order valence-electron chi connectivity index (χ3n) is 2.40. The fourth-order valence-corrected chi connectivity index (χ4v) is 1.36. The molecule has 5 heteroatoms. The van der Waals surface area contributed by atoms with E-state index < -0.39 is 0 Å². The van der Waals surface area contributed by atoms with Crippen LogP contribution in [0, 0.1) is 5.82 Å². The third-order valence-corrected chi connectivity index (χ3v) is 2.40. The van der Waals surface area contributed by atoms with Crippen LogP contribution in [-0.4, -0.2) is 38.0 Å². The van der Waals surface area contributed by atoms with Crippen molar-refractivity contribution in [3.05, 3.63) is 35.6 Å². The molecule has 3 nitrogen and oxygen atoms in total. The summed E-state index contributed by atoms with van der Waals surface area (Å²) in [5, 5.41) is 2.81. The van der Waals surface area contributed by atoms with Crippen molar-refractivity contribution in [3.8, 4) is 0 Å². The van der Waals surface area contributed by atoms with Crippen LogP contribution in [0.2, 0.25) is 0 Å². The van der Waals surface area contributed by atoms with Gasteiger partial charge in [-0.3, -0.25) is 4.79 Å². The van der Waals surface area contributed by atoms with Crippen molar-refractivity contribution in [1.82, 2.24) is 10.2 Å². The molecular formula is C12H18ClFN2O. The van der Waals surface area contributed by atoms with Gasteiger partial charge < -0.3 is 10.2 Å². The van der Waals surface area contributed by atoms with Crippen molar-refractivity contribution < 1.29 is 9.18 Å². The van der Waals surface area contributed by atoms with E-state index in [2.05, 4.69) is 5.32 Å². The van der Waals surface area contributed by atoms with E-state index in [9.17, 15) is 9.18 Å². The molecular weight excluding hydrogens is 243 g/mol. The zero-order valence-electron chi connectivity index (χ0n) is 10.1. The van der Waals surface area contributed by atoms with Crippen molar-refractivity contribution in [2.45, 2.75) is 6.42 Å². The highest BCUT2D eigenvalue weighted by molar-refractivity contribution is 5.85. The van der Waals surface area contributed by atoms with Gasteiger partial charge in [0.25, 0.3) is 0 Å². The van der Waals surface area contributed by atoms with E-state index in [1.54, 1.807) is 31.1 Å². The number of nitrogens with zero attached hydrogens (tertiary/aromatic N) is 1. The first kappa shape index (κ1) is 15.9. The minimum Gasteiger partial charge on any atom is -0.344 e. The Bertz CT molecular complexity index is 343. The van der Waals surface area contributed by atoms with Gasteiger partial charge in [-0.1, -0.05) is 12.1 Å². The molecule has 0 aromatic heterocycles.